The number of amides is 1. The normalized spacial score (nSPS) is 12.4. The Kier molecular flexibility index (Phi) is 7.64. The van der Waals surface area contributed by atoms with Crippen LogP contribution >= 0.6 is 0 Å². The molecule has 1 atom stereocenters. The highest BCUT2D eigenvalue weighted by Gasteiger charge is 2.18. The van der Waals surface area contributed by atoms with Crippen molar-refractivity contribution in [2.24, 2.45) is 0 Å². The highest BCUT2D eigenvalue weighted by molar-refractivity contribution is 5.90. The largest absolute Gasteiger partial charge is 0.481 e. The molecule has 0 aliphatic heterocycles. The molecule has 0 radical (unpaired) electrons. The number of hydrogen-bond acceptors (Lipinski definition) is 5. The van der Waals surface area contributed by atoms with Gasteiger partial charge in [-0.25, -0.2) is 4.79 Å². The molecule has 0 aliphatic rings. The third-order valence-electron chi connectivity index (χ3n) is 2.18. The van der Waals surface area contributed by atoms with Gasteiger partial charge >= 0.3 is 18.0 Å². The molecule has 7 heteroatoms. The van der Waals surface area contributed by atoms with Crippen LogP contribution in [-0.2, 0) is 19.1 Å². The van der Waals surface area contributed by atoms with Crippen molar-refractivity contribution in [1.29, 1.82) is 0 Å². The Bertz CT molecular complexity index is 347. The van der Waals surface area contributed by atoms with Crippen molar-refractivity contribution in [3.63, 3.8) is 0 Å². The Balaban J connectivity index is 3.99. The van der Waals surface area contributed by atoms with Crippen LogP contribution in [0, 0.1) is 0 Å². The lowest BCUT2D eigenvalue weighted by atomic mass is 10.2. The molecule has 0 rings (SSSR count). The first-order valence-electron chi connectivity index (χ1n) is 6.52. The first-order chi connectivity index (χ1) is 9.14. The van der Waals surface area contributed by atoms with Crippen LogP contribution in [0.1, 0.15) is 47.0 Å². The summed E-state index contributed by atoms with van der Waals surface area (Å²) in [5.74, 6) is -2.00. The Labute approximate surface area is 118 Å². The fourth-order valence-electron chi connectivity index (χ4n) is 1.35. The van der Waals surface area contributed by atoms with Crippen molar-refractivity contribution in [3.8, 4) is 0 Å². The number of nitrogens with one attached hydrogen (secondary N) is 1. The van der Waals surface area contributed by atoms with Gasteiger partial charge in [0.15, 0.2) is 0 Å². The average Bonchev–Trinajstić information content (AvgIpc) is 2.23. The number of carboxylic acids is 1. The number of alkyl carbamates (subject to hydrolysis) is 1. The van der Waals surface area contributed by atoms with Crippen molar-refractivity contribution in [2.45, 2.75) is 58.7 Å². The molecule has 0 bridgehead atoms. The van der Waals surface area contributed by atoms with E-state index in [-0.39, 0.29) is 6.54 Å². The average molecular weight is 289 g/mol. The van der Waals surface area contributed by atoms with E-state index in [0.29, 0.717) is 12.8 Å². The van der Waals surface area contributed by atoms with Gasteiger partial charge in [-0.15, -0.1) is 0 Å². The van der Waals surface area contributed by atoms with Crippen LogP contribution in [0.15, 0.2) is 0 Å². The topological polar surface area (TPSA) is 102 Å². The number of ether oxygens (including phenoxy) is 2. The third-order valence-corrected chi connectivity index (χ3v) is 2.18. The van der Waals surface area contributed by atoms with Crippen LogP contribution < -0.4 is 5.32 Å². The van der Waals surface area contributed by atoms with Crippen molar-refractivity contribution in [3.05, 3.63) is 0 Å². The van der Waals surface area contributed by atoms with Gasteiger partial charge < -0.3 is 19.9 Å². The van der Waals surface area contributed by atoms with Gasteiger partial charge in [-0.3, -0.25) is 9.59 Å². The van der Waals surface area contributed by atoms with Gasteiger partial charge in [0.2, 0.25) is 0 Å². The lowest BCUT2D eigenvalue weighted by Crippen LogP contribution is -2.34. The van der Waals surface area contributed by atoms with Gasteiger partial charge in [-0.1, -0.05) is 6.92 Å². The van der Waals surface area contributed by atoms with Crippen molar-refractivity contribution >= 4 is 18.0 Å². The molecule has 1 unspecified atom stereocenters. The summed E-state index contributed by atoms with van der Waals surface area (Å²) in [5, 5.41) is 11.0. The number of hydrogen-bond donors (Lipinski definition) is 2. The minimum Gasteiger partial charge on any atom is -0.481 e. The zero-order valence-corrected chi connectivity index (χ0v) is 12.4. The summed E-state index contributed by atoms with van der Waals surface area (Å²) < 4.78 is 10.0. The van der Waals surface area contributed by atoms with E-state index in [0.717, 1.165) is 0 Å². The summed E-state index contributed by atoms with van der Waals surface area (Å²) in [6.45, 7) is 7.37. The SMILES string of the molecule is CCC(CCNC(=O)OC(C)(C)C)OC(=O)CC(=O)O. The predicted molar refractivity (Wildman–Crippen MR) is 71.3 cm³/mol. The van der Waals surface area contributed by atoms with Crippen molar-refractivity contribution in [2.75, 3.05) is 6.54 Å². The molecule has 0 fully saturated rings. The van der Waals surface area contributed by atoms with Gasteiger partial charge in [0.25, 0.3) is 0 Å². The lowest BCUT2D eigenvalue weighted by molar-refractivity contribution is -0.155. The van der Waals surface area contributed by atoms with Crippen molar-refractivity contribution in [1.82, 2.24) is 5.32 Å². The second-order valence-corrected chi connectivity index (χ2v) is 5.31. The lowest BCUT2D eigenvalue weighted by Gasteiger charge is -2.20. The summed E-state index contributed by atoms with van der Waals surface area (Å²) in [7, 11) is 0. The Morgan fingerprint density at radius 1 is 1.25 bits per heavy atom. The summed E-state index contributed by atoms with van der Waals surface area (Å²) in [4.78, 5) is 32.9. The molecule has 116 valence electrons. The Morgan fingerprint density at radius 2 is 1.85 bits per heavy atom. The van der Waals surface area contributed by atoms with E-state index in [2.05, 4.69) is 5.32 Å². The first kappa shape index (κ1) is 18.2. The molecule has 0 aromatic carbocycles. The van der Waals surface area contributed by atoms with Crippen LogP contribution in [0.4, 0.5) is 4.79 Å². The fraction of sp³-hybridized carbons (Fsp3) is 0.769. The molecular weight excluding hydrogens is 266 g/mol. The molecule has 0 saturated carbocycles. The van der Waals surface area contributed by atoms with Crippen LogP contribution in [0.3, 0.4) is 0 Å². The molecular formula is C13H23NO6. The van der Waals surface area contributed by atoms with E-state index in [9.17, 15) is 14.4 Å². The third kappa shape index (κ3) is 10.2. The van der Waals surface area contributed by atoms with Gasteiger partial charge in [-0.05, 0) is 27.2 Å². The Hall–Kier alpha value is -1.79. The molecule has 0 aromatic rings. The number of rotatable bonds is 7. The second-order valence-electron chi connectivity index (χ2n) is 5.31. The summed E-state index contributed by atoms with van der Waals surface area (Å²) in [6, 6.07) is 0. The smallest absolute Gasteiger partial charge is 0.407 e. The standard InChI is InChI=1S/C13H23NO6/c1-5-9(19-11(17)8-10(15)16)6-7-14-12(18)20-13(2,3)4/h9H,5-8H2,1-4H3,(H,14,18)(H,15,16). The number of esters is 1. The maximum atomic E-state index is 11.4. The van der Waals surface area contributed by atoms with Crippen molar-refractivity contribution < 1.29 is 29.0 Å². The van der Waals surface area contributed by atoms with Gasteiger partial charge in [0, 0.05) is 13.0 Å². The monoisotopic (exact) mass is 289 g/mol. The van der Waals surface area contributed by atoms with E-state index in [1.165, 1.54) is 0 Å². The predicted octanol–water partition coefficient (Wildman–Crippen LogP) is 1.70. The molecule has 7 nitrogen and oxygen atoms in total. The molecule has 0 aliphatic carbocycles. The number of aliphatic carboxylic acids is 1. The molecule has 0 aromatic heterocycles. The van der Waals surface area contributed by atoms with E-state index < -0.39 is 36.2 Å². The molecule has 0 spiro atoms. The number of carbonyl (C=O) groups is 3. The fourth-order valence-corrected chi connectivity index (χ4v) is 1.35. The molecule has 0 heterocycles. The van der Waals surface area contributed by atoms with E-state index in [1.54, 1.807) is 20.8 Å². The van der Waals surface area contributed by atoms with E-state index in [4.69, 9.17) is 14.6 Å². The quantitative estimate of drug-likeness (QED) is 0.546. The van der Waals surface area contributed by atoms with Gasteiger partial charge in [-0.2, -0.15) is 0 Å². The minimum atomic E-state index is -1.23. The first-order valence-corrected chi connectivity index (χ1v) is 6.52. The molecule has 2 N–H and O–H groups in total. The zero-order valence-electron chi connectivity index (χ0n) is 12.4. The maximum absolute atomic E-state index is 11.4. The molecule has 1 amide bonds. The second kappa shape index (κ2) is 8.39. The molecule has 0 saturated heterocycles. The Morgan fingerprint density at radius 3 is 2.30 bits per heavy atom. The van der Waals surface area contributed by atoms with Crippen LogP contribution in [0.25, 0.3) is 0 Å². The highest BCUT2D eigenvalue weighted by atomic mass is 16.6. The van der Waals surface area contributed by atoms with Crippen LogP contribution in [0.5, 0.6) is 0 Å². The van der Waals surface area contributed by atoms with Crippen LogP contribution in [0.2, 0.25) is 0 Å². The minimum absolute atomic E-state index is 0.285. The van der Waals surface area contributed by atoms with Gasteiger partial charge in [0.1, 0.15) is 18.1 Å². The van der Waals surface area contributed by atoms with E-state index >= 15 is 0 Å². The highest BCUT2D eigenvalue weighted by Crippen LogP contribution is 2.07. The van der Waals surface area contributed by atoms with Gasteiger partial charge in [0.05, 0.1) is 0 Å². The number of carbonyl (C=O) groups excluding carboxylic acids is 2. The van der Waals surface area contributed by atoms with Crippen LogP contribution in [-0.4, -0.2) is 41.4 Å². The maximum Gasteiger partial charge on any atom is 0.407 e. The summed E-state index contributed by atoms with van der Waals surface area (Å²) >= 11 is 0. The summed E-state index contributed by atoms with van der Waals surface area (Å²) in [5.41, 5.74) is -0.567. The summed E-state index contributed by atoms with van der Waals surface area (Å²) in [6.07, 6.45) is -0.667. The van der Waals surface area contributed by atoms with E-state index in [1.807, 2.05) is 6.92 Å². The number of carboxylic acid groups (broad SMARTS) is 1. The zero-order chi connectivity index (χ0) is 15.8. The molecule has 20 heavy (non-hydrogen) atoms.